The third-order valence-corrected chi connectivity index (χ3v) is 5.73. The van der Waals surface area contributed by atoms with Gasteiger partial charge in [-0.2, -0.15) is 13.2 Å². The SMILES string of the molecule is Cc1cc(-c2snnc2C2CCCN(Cc3ccccc3C(F)(F)F)C2)on1. The molecule has 3 heterocycles. The highest BCUT2D eigenvalue weighted by Crippen LogP contribution is 2.37. The summed E-state index contributed by atoms with van der Waals surface area (Å²) in [6.07, 6.45) is -2.53. The second kappa shape index (κ2) is 7.63. The molecule has 1 aliphatic rings. The van der Waals surface area contributed by atoms with Crippen LogP contribution in [0, 0.1) is 6.92 Å². The van der Waals surface area contributed by atoms with Gasteiger partial charge in [0.15, 0.2) is 5.76 Å². The van der Waals surface area contributed by atoms with Crippen molar-refractivity contribution in [3.05, 3.63) is 52.8 Å². The second-order valence-electron chi connectivity index (χ2n) is 7.05. The summed E-state index contributed by atoms with van der Waals surface area (Å²) < 4.78 is 49.3. The number of hydrogen-bond donors (Lipinski definition) is 0. The molecule has 3 aromatic rings. The molecule has 1 unspecified atom stereocenters. The van der Waals surface area contributed by atoms with Crippen molar-refractivity contribution in [1.29, 1.82) is 0 Å². The average Bonchev–Trinajstić information content (AvgIpc) is 3.30. The van der Waals surface area contributed by atoms with Gasteiger partial charge in [0.2, 0.25) is 0 Å². The van der Waals surface area contributed by atoms with Gasteiger partial charge in [-0.1, -0.05) is 27.8 Å². The van der Waals surface area contributed by atoms with E-state index in [4.69, 9.17) is 4.52 Å². The van der Waals surface area contributed by atoms with Gasteiger partial charge in [-0.25, -0.2) is 0 Å². The van der Waals surface area contributed by atoms with Gasteiger partial charge in [-0.05, 0) is 49.5 Å². The van der Waals surface area contributed by atoms with Gasteiger partial charge in [-0.3, -0.25) is 4.90 Å². The molecule has 148 valence electrons. The Morgan fingerprint density at radius 1 is 1.29 bits per heavy atom. The summed E-state index contributed by atoms with van der Waals surface area (Å²) >= 11 is 1.26. The van der Waals surface area contributed by atoms with Gasteiger partial charge in [0.25, 0.3) is 0 Å². The van der Waals surface area contributed by atoms with Crippen LogP contribution in [-0.2, 0) is 12.7 Å². The smallest absolute Gasteiger partial charge is 0.355 e. The Morgan fingerprint density at radius 3 is 2.86 bits per heavy atom. The molecular formula is C19H19F3N4OS. The van der Waals surface area contributed by atoms with E-state index >= 15 is 0 Å². The van der Waals surface area contributed by atoms with Crippen LogP contribution in [0.15, 0.2) is 34.9 Å². The van der Waals surface area contributed by atoms with E-state index in [9.17, 15) is 13.2 Å². The monoisotopic (exact) mass is 408 g/mol. The first-order chi connectivity index (χ1) is 13.4. The highest BCUT2D eigenvalue weighted by atomic mass is 32.1. The topological polar surface area (TPSA) is 55.1 Å². The van der Waals surface area contributed by atoms with Gasteiger partial charge < -0.3 is 4.52 Å². The molecule has 0 amide bonds. The summed E-state index contributed by atoms with van der Waals surface area (Å²) in [5.41, 5.74) is 1.36. The summed E-state index contributed by atoms with van der Waals surface area (Å²) in [7, 11) is 0. The number of hydrogen-bond acceptors (Lipinski definition) is 6. The van der Waals surface area contributed by atoms with Crippen LogP contribution in [0.3, 0.4) is 0 Å². The van der Waals surface area contributed by atoms with Crippen LogP contribution in [0.1, 0.15) is 41.3 Å². The predicted octanol–water partition coefficient (Wildman–Crippen LogP) is 4.90. The van der Waals surface area contributed by atoms with Crippen molar-refractivity contribution in [3.8, 4) is 10.6 Å². The predicted molar refractivity (Wildman–Crippen MR) is 98.8 cm³/mol. The molecule has 1 saturated heterocycles. The van der Waals surface area contributed by atoms with E-state index in [1.54, 1.807) is 12.1 Å². The Hall–Kier alpha value is -2.26. The molecule has 1 aromatic carbocycles. The molecule has 0 saturated carbocycles. The highest BCUT2D eigenvalue weighted by molar-refractivity contribution is 7.09. The minimum atomic E-state index is -4.35. The van der Waals surface area contributed by atoms with E-state index in [2.05, 4.69) is 19.6 Å². The first-order valence-corrected chi connectivity index (χ1v) is 9.82. The molecule has 5 nitrogen and oxygen atoms in total. The van der Waals surface area contributed by atoms with Crippen molar-refractivity contribution < 1.29 is 17.7 Å². The van der Waals surface area contributed by atoms with Gasteiger partial charge >= 0.3 is 6.18 Å². The zero-order valence-corrected chi connectivity index (χ0v) is 16.1. The standard InChI is InChI=1S/C19H19F3N4OS/c1-12-9-16(27-24-12)18-17(23-25-28-18)14-6-4-8-26(11-14)10-13-5-2-3-7-15(13)19(20,21)22/h2-3,5,7,9,14H,4,6,8,10-11H2,1H3. The van der Waals surface area contributed by atoms with Gasteiger partial charge in [0, 0.05) is 25.1 Å². The first kappa shape index (κ1) is 19.1. The number of likely N-dealkylation sites (tertiary alicyclic amines) is 1. The van der Waals surface area contributed by atoms with Crippen molar-refractivity contribution in [1.82, 2.24) is 19.6 Å². The largest absolute Gasteiger partial charge is 0.416 e. The van der Waals surface area contributed by atoms with E-state index < -0.39 is 11.7 Å². The van der Waals surface area contributed by atoms with Crippen LogP contribution >= 0.6 is 11.5 Å². The maximum atomic E-state index is 13.3. The van der Waals surface area contributed by atoms with Crippen molar-refractivity contribution in [2.45, 2.75) is 38.4 Å². The maximum Gasteiger partial charge on any atom is 0.416 e. The quantitative estimate of drug-likeness (QED) is 0.615. The molecule has 1 fully saturated rings. The lowest BCUT2D eigenvalue weighted by atomic mass is 9.93. The summed E-state index contributed by atoms with van der Waals surface area (Å²) in [6, 6.07) is 7.63. The molecule has 2 aromatic heterocycles. The van der Waals surface area contributed by atoms with Crippen LogP contribution < -0.4 is 0 Å². The average molecular weight is 408 g/mol. The Kier molecular flexibility index (Phi) is 5.20. The highest BCUT2D eigenvalue weighted by Gasteiger charge is 2.34. The molecule has 28 heavy (non-hydrogen) atoms. The number of rotatable bonds is 4. The summed E-state index contributed by atoms with van der Waals surface area (Å²) in [5, 5.41) is 8.22. The van der Waals surface area contributed by atoms with Crippen LogP contribution in [0.2, 0.25) is 0 Å². The minimum absolute atomic E-state index is 0.103. The van der Waals surface area contributed by atoms with Gasteiger partial charge in [0.1, 0.15) is 4.88 Å². The van der Waals surface area contributed by atoms with Crippen molar-refractivity contribution in [2.75, 3.05) is 13.1 Å². The van der Waals surface area contributed by atoms with E-state index in [0.717, 1.165) is 41.7 Å². The molecule has 1 atom stereocenters. The Bertz CT molecular complexity index is 953. The fourth-order valence-corrected chi connectivity index (χ4v) is 4.40. The lowest BCUT2D eigenvalue weighted by Gasteiger charge is -2.32. The number of halogens is 3. The van der Waals surface area contributed by atoms with E-state index in [1.165, 1.54) is 17.6 Å². The summed E-state index contributed by atoms with van der Waals surface area (Å²) in [4.78, 5) is 2.91. The Labute approximate surface area is 164 Å². The number of aryl methyl sites for hydroxylation is 1. The second-order valence-corrected chi connectivity index (χ2v) is 7.80. The number of nitrogens with zero attached hydrogens (tertiary/aromatic N) is 4. The molecule has 4 rings (SSSR count). The zero-order valence-electron chi connectivity index (χ0n) is 15.2. The molecule has 0 bridgehead atoms. The lowest BCUT2D eigenvalue weighted by Crippen LogP contribution is -2.34. The summed E-state index contributed by atoms with van der Waals surface area (Å²) in [5.74, 6) is 0.744. The fourth-order valence-electron chi connectivity index (χ4n) is 3.70. The van der Waals surface area contributed by atoms with E-state index in [-0.39, 0.29) is 12.5 Å². The van der Waals surface area contributed by atoms with Crippen molar-refractivity contribution in [3.63, 3.8) is 0 Å². The molecule has 0 radical (unpaired) electrons. The number of piperidine rings is 1. The van der Waals surface area contributed by atoms with Gasteiger partial charge in [-0.15, -0.1) is 5.10 Å². The third-order valence-electron chi connectivity index (χ3n) is 4.97. The summed E-state index contributed by atoms with van der Waals surface area (Å²) in [6.45, 7) is 3.51. The number of alkyl halides is 3. The molecule has 1 aliphatic heterocycles. The Morgan fingerprint density at radius 2 is 2.11 bits per heavy atom. The lowest BCUT2D eigenvalue weighted by molar-refractivity contribution is -0.138. The van der Waals surface area contributed by atoms with E-state index in [0.29, 0.717) is 17.9 Å². The van der Waals surface area contributed by atoms with E-state index in [1.807, 2.05) is 13.0 Å². The van der Waals surface area contributed by atoms with Crippen molar-refractivity contribution in [2.24, 2.45) is 0 Å². The number of benzene rings is 1. The minimum Gasteiger partial charge on any atom is -0.355 e. The fraction of sp³-hybridized carbons (Fsp3) is 0.421. The Balaban J connectivity index is 1.53. The van der Waals surface area contributed by atoms with Crippen LogP contribution in [0.4, 0.5) is 13.2 Å². The first-order valence-electron chi connectivity index (χ1n) is 9.05. The normalized spacial score (nSPS) is 18.5. The molecule has 9 heteroatoms. The molecule has 0 aliphatic carbocycles. The van der Waals surface area contributed by atoms with Gasteiger partial charge in [0.05, 0.1) is 17.0 Å². The maximum absolute atomic E-state index is 13.3. The molecule has 0 spiro atoms. The van der Waals surface area contributed by atoms with Crippen LogP contribution in [-0.4, -0.2) is 32.7 Å². The van der Waals surface area contributed by atoms with Crippen molar-refractivity contribution >= 4 is 11.5 Å². The number of aromatic nitrogens is 3. The van der Waals surface area contributed by atoms with Crippen LogP contribution in [0.5, 0.6) is 0 Å². The van der Waals surface area contributed by atoms with Crippen LogP contribution in [0.25, 0.3) is 10.6 Å². The molecular weight excluding hydrogens is 389 g/mol. The molecule has 0 N–H and O–H groups in total. The zero-order chi connectivity index (χ0) is 19.7. The third kappa shape index (κ3) is 3.95.